The molecule has 1 saturated carbocycles. The van der Waals surface area contributed by atoms with E-state index in [4.69, 9.17) is 0 Å². The van der Waals surface area contributed by atoms with E-state index in [9.17, 15) is 13.2 Å². The third-order valence-corrected chi connectivity index (χ3v) is 3.12. The number of hydrogen-bond acceptors (Lipinski definition) is 3. The molecule has 1 fully saturated rings. The zero-order chi connectivity index (χ0) is 14.8. The molecule has 20 heavy (non-hydrogen) atoms. The van der Waals surface area contributed by atoms with Gasteiger partial charge in [0.2, 0.25) is 0 Å². The molecule has 0 atom stereocenters. The molecule has 2 rings (SSSR count). The number of halogens is 3. The Kier molecular flexibility index (Phi) is 4.52. The van der Waals surface area contributed by atoms with E-state index >= 15 is 0 Å². The highest BCUT2D eigenvalue weighted by Crippen LogP contribution is 2.33. The van der Waals surface area contributed by atoms with Crippen molar-refractivity contribution in [3.63, 3.8) is 0 Å². The van der Waals surface area contributed by atoms with Gasteiger partial charge in [0.25, 0.3) is 0 Å². The van der Waals surface area contributed by atoms with Gasteiger partial charge in [0.1, 0.15) is 12.4 Å². The SMILES string of the molecule is CC(C)NCc1cccc(N(CC(F)(F)F)C2CC2)n1. The normalized spacial score (nSPS) is 15.7. The second kappa shape index (κ2) is 5.99. The maximum atomic E-state index is 12.7. The molecule has 0 unspecified atom stereocenters. The van der Waals surface area contributed by atoms with Crippen LogP contribution < -0.4 is 10.2 Å². The molecule has 0 bridgehead atoms. The van der Waals surface area contributed by atoms with E-state index in [2.05, 4.69) is 10.3 Å². The van der Waals surface area contributed by atoms with Crippen molar-refractivity contribution in [1.29, 1.82) is 0 Å². The fraction of sp³-hybridized carbons (Fsp3) is 0.643. The van der Waals surface area contributed by atoms with Crippen molar-refractivity contribution in [1.82, 2.24) is 10.3 Å². The summed E-state index contributed by atoms with van der Waals surface area (Å²) < 4.78 is 38.0. The van der Waals surface area contributed by atoms with Crippen LogP contribution in [0.15, 0.2) is 18.2 Å². The molecular formula is C14H20F3N3. The van der Waals surface area contributed by atoms with Gasteiger partial charge >= 0.3 is 6.18 Å². The van der Waals surface area contributed by atoms with E-state index in [0.29, 0.717) is 18.4 Å². The Hall–Kier alpha value is -1.30. The number of hydrogen-bond donors (Lipinski definition) is 1. The van der Waals surface area contributed by atoms with Crippen molar-refractivity contribution in [2.45, 2.75) is 51.5 Å². The molecule has 1 aliphatic carbocycles. The summed E-state index contributed by atoms with van der Waals surface area (Å²) in [5.41, 5.74) is 0.768. The molecule has 0 aromatic carbocycles. The number of nitrogens with zero attached hydrogens (tertiary/aromatic N) is 2. The third-order valence-electron chi connectivity index (χ3n) is 3.12. The Bertz CT molecular complexity index is 442. The molecule has 0 radical (unpaired) electrons. The molecule has 1 aromatic heterocycles. The van der Waals surface area contributed by atoms with Crippen LogP contribution in [0.1, 0.15) is 32.4 Å². The van der Waals surface area contributed by atoms with E-state index in [-0.39, 0.29) is 6.04 Å². The average molecular weight is 287 g/mol. The molecule has 0 amide bonds. The summed E-state index contributed by atoms with van der Waals surface area (Å²) in [6.45, 7) is 3.68. The van der Waals surface area contributed by atoms with Gasteiger partial charge in [-0.05, 0) is 25.0 Å². The summed E-state index contributed by atoms with van der Waals surface area (Å²) in [6.07, 6.45) is -2.57. The highest BCUT2D eigenvalue weighted by Gasteiger charge is 2.38. The van der Waals surface area contributed by atoms with Gasteiger partial charge in [-0.15, -0.1) is 0 Å². The standard InChI is InChI=1S/C14H20F3N3/c1-10(2)18-8-11-4-3-5-13(19-11)20(12-6-7-12)9-14(15,16)17/h3-5,10,12,18H,6-9H2,1-2H3. The van der Waals surface area contributed by atoms with Crippen molar-refractivity contribution >= 4 is 5.82 Å². The van der Waals surface area contributed by atoms with Crippen LogP contribution in [0.25, 0.3) is 0 Å². The molecule has 1 N–H and O–H groups in total. The third kappa shape index (κ3) is 4.67. The molecule has 1 aromatic rings. The minimum atomic E-state index is -4.20. The van der Waals surface area contributed by atoms with E-state index in [1.165, 1.54) is 4.90 Å². The zero-order valence-corrected chi connectivity index (χ0v) is 11.7. The Morgan fingerprint density at radius 2 is 2.05 bits per heavy atom. The number of pyridine rings is 1. The van der Waals surface area contributed by atoms with Crippen LogP contribution in [0.3, 0.4) is 0 Å². The molecule has 0 spiro atoms. The first kappa shape index (κ1) is 15.1. The smallest absolute Gasteiger partial charge is 0.345 e. The van der Waals surface area contributed by atoms with E-state index in [1.807, 2.05) is 19.9 Å². The van der Waals surface area contributed by atoms with Crippen molar-refractivity contribution < 1.29 is 13.2 Å². The van der Waals surface area contributed by atoms with Crippen molar-refractivity contribution in [3.05, 3.63) is 23.9 Å². The molecule has 6 heteroatoms. The monoisotopic (exact) mass is 287 g/mol. The fourth-order valence-corrected chi connectivity index (χ4v) is 2.01. The summed E-state index contributed by atoms with van der Waals surface area (Å²) in [4.78, 5) is 5.73. The highest BCUT2D eigenvalue weighted by atomic mass is 19.4. The first-order valence-corrected chi connectivity index (χ1v) is 6.88. The number of rotatable bonds is 6. The summed E-state index contributed by atoms with van der Waals surface area (Å²) in [5.74, 6) is 0.424. The second-order valence-electron chi connectivity index (χ2n) is 5.50. The van der Waals surface area contributed by atoms with Crippen molar-refractivity contribution in [2.75, 3.05) is 11.4 Å². The minimum Gasteiger partial charge on any atom is -0.345 e. The molecule has 1 heterocycles. The van der Waals surface area contributed by atoms with E-state index in [1.54, 1.807) is 12.1 Å². The lowest BCUT2D eigenvalue weighted by Gasteiger charge is -2.25. The Morgan fingerprint density at radius 3 is 2.60 bits per heavy atom. The summed E-state index contributed by atoms with van der Waals surface area (Å²) in [7, 11) is 0. The number of anilines is 1. The van der Waals surface area contributed by atoms with Crippen LogP contribution in [0.4, 0.5) is 19.0 Å². The van der Waals surface area contributed by atoms with Gasteiger partial charge in [-0.3, -0.25) is 0 Å². The lowest BCUT2D eigenvalue weighted by molar-refractivity contribution is -0.120. The van der Waals surface area contributed by atoms with Crippen LogP contribution in [0.2, 0.25) is 0 Å². The molecule has 0 aliphatic heterocycles. The maximum Gasteiger partial charge on any atom is 0.405 e. The van der Waals surface area contributed by atoms with E-state index in [0.717, 1.165) is 18.5 Å². The lowest BCUT2D eigenvalue weighted by atomic mass is 10.3. The van der Waals surface area contributed by atoms with Gasteiger partial charge in [0.05, 0.1) is 5.69 Å². The highest BCUT2D eigenvalue weighted by molar-refractivity contribution is 5.42. The van der Waals surface area contributed by atoms with E-state index < -0.39 is 12.7 Å². The van der Waals surface area contributed by atoms with Gasteiger partial charge in [0, 0.05) is 18.6 Å². The number of nitrogens with one attached hydrogen (secondary N) is 1. The molecule has 1 aliphatic rings. The summed E-state index contributed by atoms with van der Waals surface area (Å²) >= 11 is 0. The van der Waals surface area contributed by atoms with Crippen LogP contribution in [0.5, 0.6) is 0 Å². The lowest BCUT2D eigenvalue weighted by Crippen LogP contribution is -2.36. The Balaban J connectivity index is 2.10. The predicted octanol–water partition coefficient (Wildman–Crippen LogP) is 3.11. The van der Waals surface area contributed by atoms with Crippen molar-refractivity contribution in [2.24, 2.45) is 0 Å². The first-order valence-electron chi connectivity index (χ1n) is 6.88. The van der Waals surface area contributed by atoms with Crippen LogP contribution in [-0.4, -0.2) is 29.8 Å². The van der Waals surface area contributed by atoms with Crippen LogP contribution >= 0.6 is 0 Å². The van der Waals surface area contributed by atoms with Crippen LogP contribution in [0, 0.1) is 0 Å². The summed E-state index contributed by atoms with van der Waals surface area (Å²) in [6, 6.07) is 5.55. The van der Waals surface area contributed by atoms with Crippen LogP contribution in [-0.2, 0) is 6.54 Å². The fourth-order valence-electron chi connectivity index (χ4n) is 2.01. The average Bonchev–Trinajstić information content (AvgIpc) is 3.17. The van der Waals surface area contributed by atoms with Gasteiger partial charge in [-0.25, -0.2) is 4.98 Å². The second-order valence-corrected chi connectivity index (χ2v) is 5.50. The van der Waals surface area contributed by atoms with Gasteiger partial charge < -0.3 is 10.2 Å². The quantitative estimate of drug-likeness (QED) is 0.871. The topological polar surface area (TPSA) is 28.2 Å². The number of aromatic nitrogens is 1. The molecular weight excluding hydrogens is 267 g/mol. The summed E-state index contributed by atoms with van der Waals surface area (Å²) in [5, 5.41) is 3.22. The largest absolute Gasteiger partial charge is 0.405 e. The first-order chi connectivity index (χ1) is 9.35. The molecule has 0 saturated heterocycles. The Labute approximate surface area is 117 Å². The molecule has 3 nitrogen and oxygen atoms in total. The Morgan fingerprint density at radius 1 is 1.35 bits per heavy atom. The minimum absolute atomic E-state index is 0.0163. The predicted molar refractivity (Wildman–Crippen MR) is 72.6 cm³/mol. The van der Waals surface area contributed by atoms with Crippen molar-refractivity contribution in [3.8, 4) is 0 Å². The maximum absolute atomic E-state index is 12.7. The zero-order valence-electron chi connectivity index (χ0n) is 11.7. The van der Waals surface area contributed by atoms with Gasteiger partial charge in [-0.1, -0.05) is 19.9 Å². The van der Waals surface area contributed by atoms with Gasteiger partial charge in [0.15, 0.2) is 0 Å². The van der Waals surface area contributed by atoms with Gasteiger partial charge in [-0.2, -0.15) is 13.2 Å². The number of alkyl halides is 3. The molecule has 112 valence electrons.